The van der Waals surface area contributed by atoms with E-state index in [0.29, 0.717) is 5.69 Å². The van der Waals surface area contributed by atoms with Crippen molar-refractivity contribution in [1.82, 2.24) is 9.78 Å². The Morgan fingerprint density at radius 2 is 1.89 bits per heavy atom. The Kier molecular flexibility index (Phi) is 3.20. The molecule has 0 fully saturated rings. The number of aromatic nitrogens is 2. The van der Waals surface area contributed by atoms with Crippen molar-refractivity contribution in [3.63, 3.8) is 0 Å². The van der Waals surface area contributed by atoms with Crippen molar-refractivity contribution in [2.45, 2.75) is 33.1 Å². The fourth-order valence-electron chi connectivity index (χ4n) is 2.19. The van der Waals surface area contributed by atoms with Gasteiger partial charge in [0.15, 0.2) is 5.69 Å². The molecule has 0 saturated carbocycles. The second kappa shape index (κ2) is 4.55. The molecular formula is C16H19N3. The molecule has 98 valence electrons. The molecule has 3 nitrogen and oxygen atoms in total. The lowest BCUT2D eigenvalue weighted by Crippen LogP contribution is -2.11. The molecule has 0 amide bonds. The zero-order valence-corrected chi connectivity index (χ0v) is 12.2. The van der Waals surface area contributed by atoms with Gasteiger partial charge in [0.2, 0.25) is 0 Å². The molecule has 0 spiro atoms. The third-order valence-electron chi connectivity index (χ3n) is 3.36. The number of nitrogens with zero attached hydrogens (tertiary/aromatic N) is 3. The maximum absolute atomic E-state index is 8.92. The Bertz CT molecular complexity index is 652. The molecule has 0 bridgehead atoms. The minimum atomic E-state index is 0.146. The predicted molar refractivity (Wildman–Crippen MR) is 76.8 cm³/mol. The molecule has 19 heavy (non-hydrogen) atoms. The Morgan fingerprint density at radius 1 is 1.21 bits per heavy atom. The summed E-state index contributed by atoms with van der Waals surface area (Å²) in [6.07, 6.45) is 0. The van der Waals surface area contributed by atoms with Crippen molar-refractivity contribution in [3.8, 4) is 17.3 Å². The second-order valence-electron chi connectivity index (χ2n) is 5.93. The molecule has 2 rings (SSSR count). The SMILES string of the molecule is Cc1cc(C(C)(C)C)ccc1-c1cc(C#N)nn1C. The van der Waals surface area contributed by atoms with Crippen LogP contribution < -0.4 is 0 Å². The summed E-state index contributed by atoms with van der Waals surface area (Å²) in [5, 5.41) is 13.1. The summed E-state index contributed by atoms with van der Waals surface area (Å²) in [5.41, 5.74) is 5.24. The maximum atomic E-state index is 8.92. The van der Waals surface area contributed by atoms with Gasteiger partial charge >= 0.3 is 0 Å². The van der Waals surface area contributed by atoms with Crippen molar-refractivity contribution >= 4 is 0 Å². The Hall–Kier alpha value is -2.08. The molecule has 0 aliphatic carbocycles. The summed E-state index contributed by atoms with van der Waals surface area (Å²) in [7, 11) is 1.87. The average Bonchev–Trinajstić information content (AvgIpc) is 2.69. The van der Waals surface area contributed by atoms with Crippen molar-refractivity contribution in [1.29, 1.82) is 5.26 Å². The van der Waals surface area contributed by atoms with Gasteiger partial charge in [0.25, 0.3) is 0 Å². The Morgan fingerprint density at radius 3 is 2.37 bits per heavy atom. The molecule has 0 radical (unpaired) electrons. The van der Waals surface area contributed by atoms with E-state index >= 15 is 0 Å². The fraction of sp³-hybridized carbons (Fsp3) is 0.375. The van der Waals surface area contributed by atoms with Crippen LogP contribution in [0.15, 0.2) is 24.3 Å². The van der Waals surface area contributed by atoms with E-state index in [1.165, 1.54) is 11.1 Å². The maximum Gasteiger partial charge on any atom is 0.163 e. The molecule has 0 aliphatic heterocycles. The van der Waals surface area contributed by atoms with Crippen LogP contribution in [0.3, 0.4) is 0 Å². The zero-order chi connectivity index (χ0) is 14.2. The van der Waals surface area contributed by atoms with Crippen LogP contribution in [0.1, 0.15) is 37.6 Å². The molecule has 0 atom stereocenters. The lowest BCUT2D eigenvalue weighted by molar-refractivity contribution is 0.590. The van der Waals surface area contributed by atoms with Crippen LogP contribution in [0.5, 0.6) is 0 Å². The van der Waals surface area contributed by atoms with Crippen LogP contribution in [0.2, 0.25) is 0 Å². The van der Waals surface area contributed by atoms with E-state index in [1.54, 1.807) is 4.68 Å². The summed E-state index contributed by atoms with van der Waals surface area (Å²) in [5.74, 6) is 0. The minimum Gasteiger partial charge on any atom is -0.267 e. The molecule has 3 heteroatoms. The van der Waals surface area contributed by atoms with Gasteiger partial charge in [-0.2, -0.15) is 10.4 Å². The highest BCUT2D eigenvalue weighted by Gasteiger charge is 2.16. The molecule has 1 aromatic carbocycles. The number of nitriles is 1. The molecule has 0 aliphatic rings. The van der Waals surface area contributed by atoms with Crippen molar-refractivity contribution in [3.05, 3.63) is 41.1 Å². The van der Waals surface area contributed by atoms with Crippen molar-refractivity contribution < 1.29 is 0 Å². The lowest BCUT2D eigenvalue weighted by atomic mass is 9.85. The first-order valence-electron chi connectivity index (χ1n) is 6.38. The average molecular weight is 253 g/mol. The topological polar surface area (TPSA) is 41.6 Å². The molecular weight excluding hydrogens is 234 g/mol. The summed E-state index contributed by atoms with van der Waals surface area (Å²) in [6, 6.07) is 10.4. The van der Waals surface area contributed by atoms with Crippen LogP contribution in [-0.2, 0) is 12.5 Å². The number of hydrogen-bond donors (Lipinski definition) is 0. The van der Waals surface area contributed by atoms with Gasteiger partial charge < -0.3 is 0 Å². The van der Waals surface area contributed by atoms with Gasteiger partial charge in [-0.3, -0.25) is 4.68 Å². The number of hydrogen-bond acceptors (Lipinski definition) is 2. The van der Waals surface area contributed by atoms with Gasteiger partial charge in [-0.1, -0.05) is 39.0 Å². The van der Waals surface area contributed by atoms with Gasteiger partial charge in [0.1, 0.15) is 6.07 Å². The summed E-state index contributed by atoms with van der Waals surface area (Å²) in [6.45, 7) is 8.72. The van der Waals surface area contributed by atoms with Crippen molar-refractivity contribution in [2.75, 3.05) is 0 Å². The van der Waals surface area contributed by atoms with Crippen LogP contribution >= 0.6 is 0 Å². The molecule has 0 unspecified atom stereocenters. The van der Waals surface area contributed by atoms with Crippen LogP contribution in [0, 0.1) is 18.3 Å². The zero-order valence-electron chi connectivity index (χ0n) is 12.2. The normalized spacial score (nSPS) is 11.4. The predicted octanol–water partition coefficient (Wildman–Crippen LogP) is 3.56. The van der Waals surface area contributed by atoms with Gasteiger partial charge in [-0.25, -0.2) is 0 Å². The number of aryl methyl sites for hydroxylation is 2. The largest absolute Gasteiger partial charge is 0.267 e. The smallest absolute Gasteiger partial charge is 0.163 e. The Balaban J connectivity index is 2.53. The standard InChI is InChI=1S/C16H19N3/c1-11-8-12(16(2,3)4)6-7-14(11)15-9-13(10-17)18-19(15)5/h6-9H,1-5H3. The highest BCUT2D eigenvalue weighted by molar-refractivity contribution is 5.65. The summed E-state index contributed by atoms with van der Waals surface area (Å²) in [4.78, 5) is 0. The van der Waals surface area contributed by atoms with Crippen LogP contribution in [0.25, 0.3) is 11.3 Å². The quantitative estimate of drug-likeness (QED) is 0.779. The molecule has 2 aromatic rings. The van der Waals surface area contributed by atoms with Gasteiger partial charge in [-0.15, -0.1) is 0 Å². The monoisotopic (exact) mass is 253 g/mol. The van der Waals surface area contributed by atoms with E-state index in [9.17, 15) is 0 Å². The summed E-state index contributed by atoms with van der Waals surface area (Å²) >= 11 is 0. The van der Waals surface area contributed by atoms with Crippen LogP contribution in [0.4, 0.5) is 0 Å². The third kappa shape index (κ3) is 2.53. The molecule has 0 saturated heterocycles. The lowest BCUT2D eigenvalue weighted by Gasteiger charge is -2.20. The van der Waals surface area contributed by atoms with E-state index in [4.69, 9.17) is 5.26 Å². The van der Waals surface area contributed by atoms with E-state index in [-0.39, 0.29) is 5.41 Å². The number of rotatable bonds is 1. The van der Waals surface area contributed by atoms with Crippen LogP contribution in [-0.4, -0.2) is 9.78 Å². The summed E-state index contributed by atoms with van der Waals surface area (Å²) < 4.78 is 1.76. The van der Waals surface area contributed by atoms with E-state index in [1.807, 2.05) is 13.1 Å². The third-order valence-corrected chi connectivity index (χ3v) is 3.36. The first-order valence-corrected chi connectivity index (χ1v) is 6.38. The van der Waals surface area contributed by atoms with E-state index in [2.05, 4.69) is 57.1 Å². The fourth-order valence-corrected chi connectivity index (χ4v) is 2.19. The number of benzene rings is 1. The highest BCUT2D eigenvalue weighted by atomic mass is 15.3. The first kappa shape index (κ1) is 13.4. The first-order chi connectivity index (χ1) is 8.82. The van der Waals surface area contributed by atoms with Gasteiger partial charge in [0, 0.05) is 18.7 Å². The Labute approximate surface area is 114 Å². The van der Waals surface area contributed by atoms with Crippen molar-refractivity contribution in [2.24, 2.45) is 7.05 Å². The van der Waals surface area contributed by atoms with E-state index < -0.39 is 0 Å². The second-order valence-corrected chi connectivity index (χ2v) is 5.93. The van der Waals surface area contributed by atoms with Gasteiger partial charge in [-0.05, 0) is 23.5 Å². The van der Waals surface area contributed by atoms with E-state index in [0.717, 1.165) is 11.3 Å². The molecule has 0 N–H and O–H groups in total. The van der Waals surface area contributed by atoms with Gasteiger partial charge in [0.05, 0.1) is 5.69 Å². The molecule has 1 heterocycles. The highest BCUT2D eigenvalue weighted by Crippen LogP contribution is 2.29. The molecule has 1 aromatic heterocycles. The minimum absolute atomic E-state index is 0.146.